The maximum Gasteiger partial charge on any atom is 0.0402 e. The molecule has 0 radical (unpaired) electrons. The molecule has 0 spiro atoms. The van der Waals surface area contributed by atoms with Gasteiger partial charge in [-0.1, -0.05) is 25.1 Å². The van der Waals surface area contributed by atoms with E-state index in [1.54, 1.807) is 0 Å². The highest BCUT2D eigenvalue weighted by molar-refractivity contribution is 5.57. The van der Waals surface area contributed by atoms with Crippen LogP contribution in [0, 0.1) is 0 Å². The number of nitrogens with two attached hydrogens (primary N) is 1. The Morgan fingerprint density at radius 2 is 2.06 bits per heavy atom. The maximum absolute atomic E-state index is 6.12. The summed E-state index contributed by atoms with van der Waals surface area (Å²) in [5, 5.41) is 0. The van der Waals surface area contributed by atoms with Crippen LogP contribution >= 0.6 is 0 Å². The number of nitrogens with zero attached hydrogens (tertiary/aromatic N) is 1. The van der Waals surface area contributed by atoms with Gasteiger partial charge in [-0.25, -0.2) is 0 Å². The molecule has 0 amide bonds. The van der Waals surface area contributed by atoms with Crippen molar-refractivity contribution in [2.24, 2.45) is 5.73 Å². The molecule has 16 heavy (non-hydrogen) atoms. The van der Waals surface area contributed by atoms with E-state index < -0.39 is 0 Å². The molecule has 2 rings (SSSR count). The van der Waals surface area contributed by atoms with Crippen LogP contribution in [0.25, 0.3) is 0 Å². The Balaban J connectivity index is 2.28. The van der Waals surface area contributed by atoms with Crippen LogP contribution in [0.3, 0.4) is 0 Å². The molecule has 0 saturated heterocycles. The number of hydrogen-bond acceptors (Lipinski definition) is 2. The van der Waals surface area contributed by atoms with Gasteiger partial charge in [0.05, 0.1) is 0 Å². The van der Waals surface area contributed by atoms with Gasteiger partial charge in [-0.05, 0) is 37.8 Å². The van der Waals surface area contributed by atoms with Gasteiger partial charge in [0.2, 0.25) is 0 Å². The summed E-state index contributed by atoms with van der Waals surface area (Å²) in [6.07, 6.45) is 1.23. The summed E-state index contributed by atoms with van der Waals surface area (Å²) in [6.45, 7) is 8.54. The fourth-order valence-electron chi connectivity index (χ4n) is 2.47. The van der Waals surface area contributed by atoms with Gasteiger partial charge >= 0.3 is 0 Å². The summed E-state index contributed by atoms with van der Waals surface area (Å²) >= 11 is 0. The number of anilines is 1. The molecule has 0 aromatic heterocycles. The Morgan fingerprint density at radius 1 is 1.38 bits per heavy atom. The smallest absolute Gasteiger partial charge is 0.0402 e. The SMILES string of the molecule is CC1CCN(CC(C)(C)N)c2ccccc21. The van der Waals surface area contributed by atoms with Crippen molar-refractivity contribution >= 4 is 5.69 Å². The largest absolute Gasteiger partial charge is 0.369 e. The molecule has 2 heteroatoms. The molecule has 2 N–H and O–H groups in total. The van der Waals surface area contributed by atoms with Crippen molar-refractivity contribution in [3.8, 4) is 0 Å². The van der Waals surface area contributed by atoms with Crippen LogP contribution in [0.2, 0.25) is 0 Å². The van der Waals surface area contributed by atoms with Gasteiger partial charge in [-0.15, -0.1) is 0 Å². The second-order valence-corrected chi connectivity index (χ2v) is 5.66. The minimum atomic E-state index is -0.131. The number of fused-ring (bicyclic) bond motifs is 1. The Labute approximate surface area is 98.4 Å². The van der Waals surface area contributed by atoms with Crippen LogP contribution in [0.1, 0.15) is 38.7 Å². The van der Waals surface area contributed by atoms with Crippen molar-refractivity contribution in [3.05, 3.63) is 29.8 Å². The van der Waals surface area contributed by atoms with Crippen LogP contribution in [-0.2, 0) is 0 Å². The predicted molar refractivity (Wildman–Crippen MR) is 70.0 cm³/mol. The first kappa shape index (κ1) is 11.5. The van der Waals surface area contributed by atoms with E-state index in [9.17, 15) is 0 Å². The third kappa shape index (κ3) is 2.38. The maximum atomic E-state index is 6.12. The lowest BCUT2D eigenvalue weighted by Crippen LogP contribution is -2.47. The zero-order valence-corrected chi connectivity index (χ0v) is 10.5. The normalized spacial score (nSPS) is 20.8. The van der Waals surface area contributed by atoms with Crippen LogP contribution in [0.15, 0.2) is 24.3 Å². The highest BCUT2D eigenvalue weighted by Crippen LogP contribution is 2.34. The average Bonchev–Trinajstić information content (AvgIpc) is 2.21. The number of para-hydroxylation sites is 1. The van der Waals surface area contributed by atoms with Crippen molar-refractivity contribution in [2.45, 2.75) is 38.6 Å². The third-order valence-corrected chi connectivity index (χ3v) is 3.24. The number of benzene rings is 1. The summed E-state index contributed by atoms with van der Waals surface area (Å²) in [4.78, 5) is 2.43. The van der Waals surface area contributed by atoms with Crippen molar-refractivity contribution in [1.29, 1.82) is 0 Å². The van der Waals surface area contributed by atoms with Gasteiger partial charge in [-0.3, -0.25) is 0 Å². The highest BCUT2D eigenvalue weighted by Gasteiger charge is 2.24. The first-order valence-electron chi connectivity index (χ1n) is 6.10. The standard InChI is InChI=1S/C14H22N2/c1-11-8-9-16(10-14(2,3)15)13-7-5-4-6-12(11)13/h4-7,11H,8-10,15H2,1-3H3. The molecule has 0 aliphatic carbocycles. The minimum Gasteiger partial charge on any atom is -0.369 e. The van der Waals surface area contributed by atoms with E-state index in [1.807, 2.05) is 0 Å². The second-order valence-electron chi connectivity index (χ2n) is 5.66. The van der Waals surface area contributed by atoms with Crippen molar-refractivity contribution in [3.63, 3.8) is 0 Å². The lowest BCUT2D eigenvalue weighted by Gasteiger charge is -2.38. The second kappa shape index (κ2) is 4.10. The Kier molecular flexibility index (Phi) is 2.94. The van der Waals surface area contributed by atoms with Gasteiger partial charge < -0.3 is 10.6 Å². The van der Waals surface area contributed by atoms with Crippen LogP contribution in [0.4, 0.5) is 5.69 Å². The monoisotopic (exact) mass is 218 g/mol. The number of hydrogen-bond donors (Lipinski definition) is 1. The molecule has 1 aromatic rings. The van der Waals surface area contributed by atoms with E-state index in [0.717, 1.165) is 13.1 Å². The fourth-order valence-corrected chi connectivity index (χ4v) is 2.47. The average molecular weight is 218 g/mol. The lowest BCUT2D eigenvalue weighted by molar-refractivity contribution is 0.485. The lowest BCUT2D eigenvalue weighted by atomic mass is 9.90. The van der Waals surface area contributed by atoms with Crippen LogP contribution < -0.4 is 10.6 Å². The topological polar surface area (TPSA) is 29.3 Å². The first-order valence-corrected chi connectivity index (χ1v) is 6.10. The van der Waals surface area contributed by atoms with Crippen molar-refractivity contribution in [1.82, 2.24) is 0 Å². The molecular weight excluding hydrogens is 196 g/mol. The van der Waals surface area contributed by atoms with Crippen LogP contribution in [-0.4, -0.2) is 18.6 Å². The Hall–Kier alpha value is -1.02. The van der Waals surface area contributed by atoms with Gasteiger partial charge in [-0.2, -0.15) is 0 Å². The number of rotatable bonds is 2. The summed E-state index contributed by atoms with van der Waals surface area (Å²) in [5.41, 5.74) is 8.83. The molecule has 0 fully saturated rings. The highest BCUT2D eigenvalue weighted by atomic mass is 15.2. The molecule has 2 nitrogen and oxygen atoms in total. The van der Waals surface area contributed by atoms with E-state index in [2.05, 4.69) is 49.9 Å². The van der Waals surface area contributed by atoms with Gasteiger partial charge in [0, 0.05) is 24.3 Å². The summed E-state index contributed by atoms with van der Waals surface area (Å²) in [7, 11) is 0. The predicted octanol–water partition coefficient (Wildman–Crippen LogP) is 2.74. The molecule has 1 unspecified atom stereocenters. The zero-order valence-electron chi connectivity index (χ0n) is 10.5. The molecule has 1 atom stereocenters. The molecule has 1 aliphatic heterocycles. The van der Waals surface area contributed by atoms with E-state index in [1.165, 1.54) is 17.7 Å². The third-order valence-electron chi connectivity index (χ3n) is 3.24. The summed E-state index contributed by atoms with van der Waals surface area (Å²) in [5.74, 6) is 0.674. The molecule has 1 aromatic carbocycles. The fraction of sp³-hybridized carbons (Fsp3) is 0.571. The summed E-state index contributed by atoms with van der Waals surface area (Å²) in [6, 6.07) is 8.71. The summed E-state index contributed by atoms with van der Waals surface area (Å²) < 4.78 is 0. The molecule has 0 saturated carbocycles. The zero-order chi connectivity index (χ0) is 11.8. The van der Waals surface area contributed by atoms with Gasteiger partial charge in [0.15, 0.2) is 0 Å². The molecule has 0 bridgehead atoms. The minimum absolute atomic E-state index is 0.131. The molecule has 1 heterocycles. The van der Waals surface area contributed by atoms with Crippen LogP contribution in [0.5, 0.6) is 0 Å². The van der Waals surface area contributed by atoms with E-state index in [4.69, 9.17) is 5.73 Å². The molecule has 1 aliphatic rings. The molecular formula is C14H22N2. The van der Waals surface area contributed by atoms with E-state index in [0.29, 0.717) is 5.92 Å². The van der Waals surface area contributed by atoms with E-state index >= 15 is 0 Å². The van der Waals surface area contributed by atoms with Gasteiger partial charge in [0.1, 0.15) is 0 Å². The van der Waals surface area contributed by atoms with E-state index in [-0.39, 0.29) is 5.54 Å². The van der Waals surface area contributed by atoms with Crippen molar-refractivity contribution < 1.29 is 0 Å². The molecule has 88 valence electrons. The van der Waals surface area contributed by atoms with Crippen molar-refractivity contribution in [2.75, 3.05) is 18.0 Å². The first-order chi connectivity index (χ1) is 7.47. The van der Waals surface area contributed by atoms with Gasteiger partial charge in [0.25, 0.3) is 0 Å². The quantitative estimate of drug-likeness (QED) is 0.827. The Morgan fingerprint density at radius 3 is 2.75 bits per heavy atom. The Bertz CT molecular complexity index is 365.